The molecule has 3 aliphatic rings. The number of fused-ring (bicyclic) bond motifs is 1. The lowest BCUT2D eigenvalue weighted by molar-refractivity contribution is -0.136. The minimum atomic E-state index is -4.67. The number of hydrogen-bond donors (Lipinski definition) is 1. The van der Waals surface area contributed by atoms with Crippen LogP contribution in [0.3, 0.4) is 0 Å². The monoisotopic (exact) mass is 620 g/mol. The summed E-state index contributed by atoms with van der Waals surface area (Å²) in [7, 11) is 1.93. The predicted molar refractivity (Wildman–Crippen MR) is 165 cm³/mol. The van der Waals surface area contributed by atoms with E-state index in [0.29, 0.717) is 35.5 Å². The third-order valence-electron chi connectivity index (χ3n) is 9.96. The molecule has 5 heterocycles. The zero-order valence-electron chi connectivity index (χ0n) is 25.9. The Kier molecular flexibility index (Phi) is 7.45. The van der Waals surface area contributed by atoms with E-state index in [1.165, 1.54) is 12.4 Å². The van der Waals surface area contributed by atoms with Crippen molar-refractivity contribution in [2.75, 3.05) is 18.4 Å². The highest BCUT2D eigenvalue weighted by atomic mass is 19.4. The fraction of sp³-hybridized carbons (Fsp3) is 0.545. The lowest BCUT2D eigenvalue weighted by atomic mass is 9.58. The molecule has 3 fully saturated rings. The van der Waals surface area contributed by atoms with Gasteiger partial charge in [0.25, 0.3) is 5.56 Å². The molecule has 4 aromatic rings. The maximum Gasteiger partial charge on any atom is 0.419 e. The highest BCUT2D eigenvalue weighted by Crippen LogP contribution is 2.52. The van der Waals surface area contributed by atoms with Gasteiger partial charge in [-0.2, -0.15) is 13.2 Å². The normalized spacial score (nSPS) is 24.4. The van der Waals surface area contributed by atoms with E-state index in [1.807, 2.05) is 23.7 Å². The van der Waals surface area contributed by atoms with Gasteiger partial charge in [0.1, 0.15) is 18.0 Å². The summed E-state index contributed by atoms with van der Waals surface area (Å²) >= 11 is 0. The molecule has 2 aliphatic carbocycles. The molecule has 0 radical (unpaired) electrons. The van der Waals surface area contributed by atoms with E-state index in [9.17, 15) is 18.0 Å². The third-order valence-corrected chi connectivity index (χ3v) is 9.96. The molecule has 0 bridgehead atoms. The first-order valence-electron chi connectivity index (χ1n) is 16.0. The van der Waals surface area contributed by atoms with Crippen LogP contribution in [0.2, 0.25) is 0 Å². The van der Waals surface area contributed by atoms with Crippen molar-refractivity contribution < 1.29 is 13.2 Å². The van der Waals surface area contributed by atoms with Gasteiger partial charge in [-0.1, -0.05) is 13.8 Å². The number of alkyl halides is 3. The van der Waals surface area contributed by atoms with Crippen LogP contribution in [0.25, 0.3) is 16.9 Å². The first-order valence-corrected chi connectivity index (χ1v) is 16.0. The summed E-state index contributed by atoms with van der Waals surface area (Å²) in [4.78, 5) is 25.4. The van der Waals surface area contributed by atoms with Gasteiger partial charge in [-0.05, 0) is 92.7 Å². The molecule has 7 rings (SSSR count). The van der Waals surface area contributed by atoms with Crippen molar-refractivity contribution in [3.8, 4) is 11.3 Å². The summed E-state index contributed by atoms with van der Waals surface area (Å²) in [5.41, 5.74) is -0.378. The van der Waals surface area contributed by atoms with Crippen molar-refractivity contribution in [2.24, 2.45) is 18.9 Å². The largest absolute Gasteiger partial charge is 0.419 e. The second-order valence-electron chi connectivity index (χ2n) is 13.7. The highest BCUT2D eigenvalue weighted by Gasteiger charge is 2.48. The van der Waals surface area contributed by atoms with E-state index >= 15 is 0 Å². The van der Waals surface area contributed by atoms with Crippen molar-refractivity contribution in [1.29, 1.82) is 0 Å². The summed E-state index contributed by atoms with van der Waals surface area (Å²) < 4.78 is 46.0. The summed E-state index contributed by atoms with van der Waals surface area (Å²) in [6, 6.07) is 5.36. The number of piperidine rings is 1. The molecule has 0 unspecified atom stereocenters. The molecule has 1 N–H and O–H groups in total. The molecule has 12 heteroatoms. The van der Waals surface area contributed by atoms with Gasteiger partial charge in [0.05, 0.1) is 22.2 Å². The smallest absolute Gasteiger partial charge is 0.367 e. The molecule has 0 aromatic carbocycles. The van der Waals surface area contributed by atoms with Gasteiger partial charge in [0, 0.05) is 38.6 Å². The Morgan fingerprint density at radius 3 is 2.51 bits per heavy atom. The minimum absolute atomic E-state index is 0.156. The molecular weight excluding hydrogens is 581 g/mol. The lowest BCUT2D eigenvalue weighted by Gasteiger charge is -2.46. The number of aryl methyl sites for hydroxylation is 1. The lowest BCUT2D eigenvalue weighted by Crippen LogP contribution is -2.43. The van der Waals surface area contributed by atoms with Gasteiger partial charge in [-0.25, -0.2) is 9.97 Å². The number of aromatic nitrogens is 6. The SMILES string of the molecule is CC1CC(c2cc(NC3CCC3)nc(-c3cnc4c(C(F)(F)F)cc(CN5CCC[C@H](C)C5)cn4c3=O)c2)(c2nncn2C)C1. The van der Waals surface area contributed by atoms with Gasteiger partial charge in [0.15, 0.2) is 5.65 Å². The van der Waals surface area contributed by atoms with Crippen LogP contribution < -0.4 is 10.9 Å². The van der Waals surface area contributed by atoms with Crippen LogP contribution in [-0.4, -0.2) is 53.2 Å². The van der Waals surface area contributed by atoms with Crippen LogP contribution >= 0.6 is 0 Å². The van der Waals surface area contributed by atoms with Crippen molar-refractivity contribution in [2.45, 2.75) is 83.0 Å². The van der Waals surface area contributed by atoms with Gasteiger partial charge < -0.3 is 9.88 Å². The summed E-state index contributed by atoms with van der Waals surface area (Å²) in [6.45, 7) is 6.32. The summed E-state index contributed by atoms with van der Waals surface area (Å²) in [6.07, 6.45) is 6.82. The average Bonchev–Trinajstić information content (AvgIpc) is 3.38. The zero-order valence-corrected chi connectivity index (χ0v) is 25.9. The number of halogens is 3. The van der Waals surface area contributed by atoms with Crippen LogP contribution in [0.15, 0.2) is 41.7 Å². The van der Waals surface area contributed by atoms with E-state index in [0.717, 1.165) is 79.9 Å². The van der Waals surface area contributed by atoms with Crippen molar-refractivity contribution in [1.82, 2.24) is 34.0 Å². The van der Waals surface area contributed by atoms with Crippen LogP contribution in [-0.2, 0) is 25.2 Å². The van der Waals surface area contributed by atoms with Gasteiger partial charge in [-0.15, -0.1) is 10.2 Å². The number of pyridine rings is 2. The van der Waals surface area contributed by atoms with Crippen molar-refractivity contribution in [3.63, 3.8) is 0 Å². The van der Waals surface area contributed by atoms with E-state index in [1.54, 1.807) is 6.33 Å². The maximum absolute atomic E-state index is 14.3. The molecule has 1 saturated heterocycles. The first-order chi connectivity index (χ1) is 21.5. The Bertz CT molecular complexity index is 1790. The Hall–Kier alpha value is -3.80. The molecule has 45 heavy (non-hydrogen) atoms. The molecule has 9 nitrogen and oxygen atoms in total. The van der Waals surface area contributed by atoms with Crippen LogP contribution in [0.5, 0.6) is 0 Å². The Labute approximate surface area is 259 Å². The fourth-order valence-corrected chi connectivity index (χ4v) is 7.57. The molecule has 1 aliphatic heterocycles. The Morgan fingerprint density at radius 1 is 1.07 bits per heavy atom. The highest BCUT2D eigenvalue weighted by molar-refractivity contribution is 5.65. The van der Waals surface area contributed by atoms with Gasteiger partial charge in [-0.3, -0.25) is 14.1 Å². The van der Waals surface area contributed by atoms with Gasteiger partial charge >= 0.3 is 6.18 Å². The zero-order chi connectivity index (χ0) is 31.5. The summed E-state index contributed by atoms with van der Waals surface area (Å²) in [5, 5.41) is 12.2. The van der Waals surface area contributed by atoms with E-state index < -0.39 is 28.4 Å². The van der Waals surface area contributed by atoms with Crippen LogP contribution in [0.1, 0.15) is 81.3 Å². The molecule has 238 valence electrons. The quantitative estimate of drug-likeness (QED) is 0.279. The molecule has 4 aromatic heterocycles. The number of hydrogen-bond acceptors (Lipinski definition) is 7. The van der Waals surface area contributed by atoms with Gasteiger partial charge in [0.2, 0.25) is 0 Å². The van der Waals surface area contributed by atoms with Crippen molar-refractivity contribution in [3.05, 3.63) is 69.8 Å². The number of rotatable bonds is 7. The van der Waals surface area contributed by atoms with Crippen LogP contribution in [0, 0.1) is 11.8 Å². The maximum atomic E-state index is 14.3. The topological polar surface area (TPSA) is 93.2 Å². The number of nitrogens with zero attached hydrogens (tertiary/aromatic N) is 7. The average molecular weight is 621 g/mol. The number of nitrogens with one attached hydrogen (secondary N) is 1. The standard InChI is InChI=1S/C33H39F3N8O/c1-20-6-5-9-43(16-20)17-22-10-26(33(34,35)36)29-37-15-25(30(45)44(29)18-22)27-11-23(12-28(40-27)39-24-7-4-8-24)32(13-21(2)14-32)31-41-38-19-42(31)3/h10-12,15,18-21,24H,4-9,13-14,16-17H2,1-3H3,(H,39,40)/t20-,21?,32?/m0/s1. The van der Waals surface area contributed by atoms with Crippen molar-refractivity contribution >= 4 is 11.5 Å². The fourth-order valence-electron chi connectivity index (χ4n) is 7.57. The van der Waals surface area contributed by atoms with E-state index in [4.69, 9.17) is 4.98 Å². The molecule has 0 amide bonds. The van der Waals surface area contributed by atoms with E-state index in [2.05, 4.69) is 39.2 Å². The molecular formula is C33H39F3N8O. The number of likely N-dealkylation sites (tertiary alicyclic amines) is 1. The Balaban J connectivity index is 1.36. The number of anilines is 1. The second-order valence-corrected chi connectivity index (χ2v) is 13.7. The third kappa shape index (κ3) is 5.51. The first kappa shape index (κ1) is 29.9. The minimum Gasteiger partial charge on any atom is -0.367 e. The van der Waals surface area contributed by atoms with Crippen LogP contribution in [0.4, 0.5) is 19.0 Å². The van der Waals surface area contributed by atoms with E-state index in [-0.39, 0.29) is 11.6 Å². The Morgan fingerprint density at radius 2 is 1.87 bits per heavy atom. The molecule has 2 saturated carbocycles. The summed E-state index contributed by atoms with van der Waals surface area (Å²) in [5.74, 6) is 2.42. The molecule has 1 atom stereocenters. The molecule has 0 spiro atoms. The predicted octanol–water partition coefficient (Wildman–Crippen LogP) is 5.82. The second kappa shape index (κ2) is 11.2.